The highest BCUT2D eigenvalue weighted by atomic mass is 16.3. The molecule has 1 aliphatic carbocycles. The Hall–Kier alpha value is -1.34. The molecule has 0 radical (unpaired) electrons. The lowest BCUT2D eigenvalue weighted by Gasteiger charge is -2.32. The number of hydrogen-bond acceptors (Lipinski definition) is 4. The molecule has 1 aliphatic rings. The van der Waals surface area contributed by atoms with Crippen molar-refractivity contribution >= 4 is 5.78 Å². The average Bonchev–Trinajstić information content (AvgIpc) is 2.24. The third-order valence-electron chi connectivity index (χ3n) is 3.08. The molecule has 4 heteroatoms. The Morgan fingerprint density at radius 2 is 2.18 bits per heavy atom. The van der Waals surface area contributed by atoms with Gasteiger partial charge in [-0.25, -0.2) is 0 Å². The zero-order chi connectivity index (χ0) is 13.1. The van der Waals surface area contributed by atoms with Gasteiger partial charge in [-0.3, -0.25) is 4.79 Å². The lowest BCUT2D eigenvalue weighted by molar-refractivity contribution is -0.117. The molecule has 0 aromatic heterocycles. The van der Waals surface area contributed by atoms with E-state index in [-0.39, 0.29) is 29.4 Å². The first kappa shape index (κ1) is 13.7. The van der Waals surface area contributed by atoms with Crippen LogP contribution in [0.15, 0.2) is 11.3 Å². The third kappa shape index (κ3) is 3.31. The zero-order valence-electron chi connectivity index (χ0n) is 10.7. The summed E-state index contributed by atoms with van der Waals surface area (Å²) in [7, 11) is 0. The lowest BCUT2D eigenvalue weighted by atomic mass is 9.76. The summed E-state index contributed by atoms with van der Waals surface area (Å²) in [6.07, 6.45) is 1.85. The van der Waals surface area contributed by atoms with Gasteiger partial charge < -0.3 is 10.4 Å². The number of carbonyl (C=O) groups excluding carboxylic acids is 1. The van der Waals surface area contributed by atoms with Crippen LogP contribution in [-0.2, 0) is 4.79 Å². The number of rotatable bonds is 4. The maximum atomic E-state index is 11.8. The predicted molar refractivity (Wildman–Crippen MR) is 65.0 cm³/mol. The summed E-state index contributed by atoms with van der Waals surface area (Å²) in [6, 6.07) is 1.89. The van der Waals surface area contributed by atoms with Gasteiger partial charge in [-0.15, -0.1) is 0 Å². The molecule has 1 unspecified atom stereocenters. The van der Waals surface area contributed by atoms with Gasteiger partial charge in [0.05, 0.1) is 6.61 Å². The molecule has 1 atom stereocenters. The van der Waals surface area contributed by atoms with Gasteiger partial charge in [-0.05, 0) is 18.3 Å². The van der Waals surface area contributed by atoms with Gasteiger partial charge in [0.1, 0.15) is 11.6 Å². The summed E-state index contributed by atoms with van der Waals surface area (Å²) in [5.74, 6) is -0.0981. The summed E-state index contributed by atoms with van der Waals surface area (Å²) < 4.78 is 0. The number of hydrogen-bond donors (Lipinski definition) is 2. The number of carbonyl (C=O) groups is 1. The smallest absolute Gasteiger partial charge is 0.175 e. The Morgan fingerprint density at radius 1 is 1.53 bits per heavy atom. The summed E-state index contributed by atoms with van der Waals surface area (Å²) in [6.45, 7) is 5.99. The first-order valence-electron chi connectivity index (χ1n) is 5.97. The van der Waals surface area contributed by atoms with Gasteiger partial charge in [-0.2, -0.15) is 5.26 Å². The van der Waals surface area contributed by atoms with Crippen LogP contribution in [0, 0.1) is 16.7 Å². The fourth-order valence-corrected chi connectivity index (χ4v) is 2.10. The maximum Gasteiger partial charge on any atom is 0.175 e. The standard InChI is InChI=1S/C13H20N2O2/c1-4-9(8-16)15-11-5-13(2,3)6-12(17)10(11)7-14/h9,15-16H,4-6,8H2,1-3H3. The van der Waals surface area contributed by atoms with Gasteiger partial charge in [0.25, 0.3) is 0 Å². The molecular formula is C13H20N2O2. The molecule has 4 nitrogen and oxygen atoms in total. The fraction of sp³-hybridized carbons (Fsp3) is 0.692. The monoisotopic (exact) mass is 236 g/mol. The molecule has 0 spiro atoms. The minimum absolute atomic E-state index is 0.00727. The van der Waals surface area contributed by atoms with Crippen LogP contribution < -0.4 is 5.32 Å². The van der Waals surface area contributed by atoms with E-state index < -0.39 is 0 Å². The van der Waals surface area contributed by atoms with Crippen molar-refractivity contribution in [2.45, 2.75) is 46.1 Å². The van der Waals surface area contributed by atoms with Gasteiger partial charge in [0.15, 0.2) is 5.78 Å². The van der Waals surface area contributed by atoms with Crippen molar-refractivity contribution in [3.63, 3.8) is 0 Å². The number of Topliss-reactive ketones (excluding diaryl/α,β-unsaturated/α-hetero) is 1. The van der Waals surface area contributed by atoms with Crippen molar-refractivity contribution in [2.75, 3.05) is 6.61 Å². The van der Waals surface area contributed by atoms with Gasteiger partial charge >= 0.3 is 0 Å². The summed E-state index contributed by atoms with van der Waals surface area (Å²) in [4.78, 5) is 11.8. The van der Waals surface area contributed by atoms with E-state index in [1.165, 1.54) is 0 Å². The number of nitrogens with one attached hydrogen (secondary N) is 1. The number of ketones is 1. The van der Waals surface area contributed by atoms with Crippen molar-refractivity contribution in [3.05, 3.63) is 11.3 Å². The third-order valence-corrected chi connectivity index (χ3v) is 3.08. The highest BCUT2D eigenvalue weighted by molar-refractivity contribution is 6.01. The molecule has 0 aliphatic heterocycles. The Kier molecular flexibility index (Phi) is 4.30. The maximum absolute atomic E-state index is 11.8. The largest absolute Gasteiger partial charge is 0.394 e. The molecule has 1 rings (SSSR count). The molecule has 0 saturated carbocycles. The number of aliphatic hydroxyl groups is 1. The van der Waals surface area contributed by atoms with Crippen LogP contribution in [0.1, 0.15) is 40.0 Å². The molecule has 94 valence electrons. The van der Waals surface area contributed by atoms with E-state index in [0.29, 0.717) is 18.5 Å². The van der Waals surface area contributed by atoms with Crippen LogP contribution in [0.5, 0.6) is 0 Å². The van der Waals surface area contributed by atoms with Crippen LogP contribution in [0.4, 0.5) is 0 Å². The van der Waals surface area contributed by atoms with Crippen LogP contribution in [0.2, 0.25) is 0 Å². The Bertz CT molecular complexity index is 373. The first-order chi connectivity index (χ1) is 7.93. The van der Waals surface area contributed by atoms with Crippen LogP contribution in [-0.4, -0.2) is 23.5 Å². The second kappa shape index (κ2) is 5.33. The highest BCUT2D eigenvalue weighted by Crippen LogP contribution is 2.35. The molecule has 0 bridgehead atoms. The van der Waals surface area contributed by atoms with Crippen molar-refractivity contribution in [1.29, 1.82) is 5.26 Å². The first-order valence-corrected chi connectivity index (χ1v) is 5.97. The summed E-state index contributed by atoms with van der Waals surface area (Å²) in [5.41, 5.74) is 0.805. The highest BCUT2D eigenvalue weighted by Gasteiger charge is 2.33. The van der Waals surface area contributed by atoms with Gasteiger partial charge in [0.2, 0.25) is 0 Å². The molecule has 0 saturated heterocycles. The van der Waals surface area contributed by atoms with Crippen LogP contribution >= 0.6 is 0 Å². The van der Waals surface area contributed by atoms with E-state index in [0.717, 1.165) is 6.42 Å². The number of aliphatic hydroxyl groups excluding tert-OH is 1. The van der Waals surface area contributed by atoms with E-state index in [4.69, 9.17) is 10.4 Å². The molecular weight excluding hydrogens is 216 g/mol. The second-order valence-electron chi connectivity index (χ2n) is 5.34. The average molecular weight is 236 g/mol. The van der Waals surface area contributed by atoms with E-state index in [1.54, 1.807) is 0 Å². The van der Waals surface area contributed by atoms with Crippen molar-refractivity contribution < 1.29 is 9.90 Å². The number of nitriles is 1. The van der Waals surface area contributed by atoms with E-state index in [2.05, 4.69) is 5.32 Å². The Morgan fingerprint density at radius 3 is 2.65 bits per heavy atom. The minimum Gasteiger partial charge on any atom is -0.394 e. The van der Waals surface area contributed by atoms with Crippen molar-refractivity contribution in [1.82, 2.24) is 5.32 Å². The topological polar surface area (TPSA) is 73.1 Å². The molecule has 2 N–H and O–H groups in total. The van der Waals surface area contributed by atoms with Crippen molar-refractivity contribution in [2.24, 2.45) is 5.41 Å². The number of allylic oxidation sites excluding steroid dienone is 2. The minimum atomic E-state index is -0.118. The van der Waals surface area contributed by atoms with Gasteiger partial charge in [0, 0.05) is 18.2 Å². The molecule has 17 heavy (non-hydrogen) atoms. The van der Waals surface area contributed by atoms with Crippen LogP contribution in [0.25, 0.3) is 0 Å². The molecule has 0 aromatic carbocycles. The molecule has 0 aromatic rings. The predicted octanol–water partition coefficient (Wildman–Crippen LogP) is 1.51. The molecule has 0 amide bonds. The summed E-state index contributed by atoms with van der Waals surface area (Å²) >= 11 is 0. The Balaban J connectivity index is 2.98. The molecule has 0 fully saturated rings. The quantitative estimate of drug-likeness (QED) is 0.776. The SMILES string of the molecule is CCC(CO)NC1=C(C#N)C(=O)CC(C)(C)C1. The second-order valence-corrected chi connectivity index (χ2v) is 5.34. The summed E-state index contributed by atoms with van der Waals surface area (Å²) in [5, 5.41) is 21.3. The van der Waals surface area contributed by atoms with Crippen LogP contribution in [0.3, 0.4) is 0 Å². The zero-order valence-corrected chi connectivity index (χ0v) is 10.7. The van der Waals surface area contributed by atoms with E-state index >= 15 is 0 Å². The van der Waals surface area contributed by atoms with Gasteiger partial charge in [-0.1, -0.05) is 20.8 Å². The van der Waals surface area contributed by atoms with Crippen molar-refractivity contribution in [3.8, 4) is 6.07 Å². The molecule has 0 heterocycles. The van der Waals surface area contributed by atoms with E-state index in [9.17, 15) is 4.79 Å². The Labute approximate surface area is 102 Å². The fourth-order valence-electron chi connectivity index (χ4n) is 2.10. The normalized spacial score (nSPS) is 21.0. The van der Waals surface area contributed by atoms with E-state index in [1.807, 2.05) is 26.8 Å². The number of nitrogens with zero attached hydrogens (tertiary/aromatic N) is 1. The lowest BCUT2D eigenvalue weighted by Crippen LogP contribution is -2.37.